The molecule has 5 heteroatoms. The number of ketones is 1. The molecular weight excluding hydrogens is 346 g/mol. The van der Waals surface area contributed by atoms with E-state index in [9.17, 15) is 9.59 Å². The number of para-hydroxylation sites is 1. The number of ether oxygens (including phenoxy) is 1. The highest BCUT2D eigenvalue weighted by Crippen LogP contribution is 2.45. The molecule has 1 aliphatic carbocycles. The molecule has 0 fully saturated rings. The predicted molar refractivity (Wildman–Crippen MR) is 101 cm³/mol. The van der Waals surface area contributed by atoms with Crippen LogP contribution in [0.1, 0.15) is 48.5 Å². The van der Waals surface area contributed by atoms with E-state index in [-0.39, 0.29) is 23.5 Å². The van der Waals surface area contributed by atoms with Crippen molar-refractivity contribution in [1.29, 1.82) is 0 Å². The lowest BCUT2D eigenvalue weighted by Crippen LogP contribution is -2.38. The lowest BCUT2D eigenvalue weighted by molar-refractivity contribution is -0.122. The van der Waals surface area contributed by atoms with Crippen molar-refractivity contribution >= 4 is 23.0 Å². The first-order chi connectivity index (χ1) is 12.7. The molecule has 2 heterocycles. The minimum Gasteiger partial charge on any atom is -0.494 e. The molecule has 4 nitrogen and oxygen atoms in total. The molecule has 1 aliphatic heterocycles. The van der Waals surface area contributed by atoms with E-state index >= 15 is 0 Å². The highest BCUT2D eigenvalue weighted by Gasteiger charge is 2.39. The van der Waals surface area contributed by atoms with Crippen LogP contribution in [0.3, 0.4) is 0 Å². The number of allylic oxidation sites excluding steroid dienone is 2. The minimum absolute atomic E-state index is 0.0281. The molecule has 26 heavy (non-hydrogen) atoms. The number of hydrogen-bond donors (Lipinski definition) is 1. The summed E-state index contributed by atoms with van der Waals surface area (Å²) in [7, 11) is 0. The molecular formula is C21H21NO3S. The first-order valence-corrected chi connectivity index (χ1v) is 9.86. The fourth-order valence-electron chi connectivity index (χ4n) is 4.01. The second kappa shape index (κ2) is 7.08. The van der Waals surface area contributed by atoms with Crippen LogP contribution in [-0.2, 0) is 9.59 Å². The number of rotatable bonds is 4. The van der Waals surface area contributed by atoms with Crippen molar-refractivity contribution in [3.63, 3.8) is 0 Å². The van der Waals surface area contributed by atoms with E-state index < -0.39 is 0 Å². The lowest BCUT2D eigenvalue weighted by Gasteiger charge is -2.34. The Morgan fingerprint density at radius 2 is 1.96 bits per heavy atom. The number of amides is 1. The highest BCUT2D eigenvalue weighted by molar-refractivity contribution is 7.10. The van der Waals surface area contributed by atoms with Gasteiger partial charge in [0.2, 0.25) is 5.91 Å². The Hall–Kier alpha value is -2.40. The van der Waals surface area contributed by atoms with Crippen molar-refractivity contribution in [2.75, 3.05) is 6.61 Å². The first-order valence-electron chi connectivity index (χ1n) is 8.98. The van der Waals surface area contributed by atoms with Crippen LogP contribution in [0.5, 0.6) is 5.75 Å². The van der Waals surface area contributed by atoms with Crippen molar-refractivity contribution < 1.29 is 14.3 Å². The molecule has 1 N–H and O–H groups in total. The average molecular weight is 367 g/mol. The summed E-state index contributed by atoms with van der Waals surface area (Å²) < 4.78 is 5.76. The quantitative estimate of drug-likeness (QED) is 0.883. The van der Waals surface area contributed by atoms with Gasteiger partial charge in [0.25, 0.3) is 0 Å². The fourth-order valence-corrected chi connectivity index (χ4v) is 4.84. The van der Waals surface area contributed by atoms with Gasteiger partial charge in [-0.1, -0.05) is 24.3 Å². The van der Waals surface area contributed by atoms with Gasteiger partial charge in [-0.3, -0.25) is 9.59 Å². The Morgan fingerprint density at radius 3 is 2.73 bits per heavy atom. The molecule has 0 radical (unpaired) electrons. The number of benzene rings is 1. The van der Waals surface area contributed by atoms with Gasteiger partial charge in [-0.2, -0.15) is 0 Å². The summed E-state index contributed by atoms with van der Waals surface area (Å²) in [5.74, 6) is 0.802. The summed E-state index contributed by atoms with van der Waals surface area (Å²) in [6.07, 6.45) is 1.50. The van der Waals surface area contributed by atoms with Crippen molar-refractivity contribution in [2.45, 2.75) is 38.0 Å². The van der Waals surface area contributed by atoms with E-state index in [0.717, 1.165) is 22.6 Å². The zero-order chi connectivity index (χ0) is 18.1. The number of thiophene rings is 1. The smallest absolute Gasteiger partial charge is 0.225 e. The molecule has 0 unspecified atom stereocenters. The van der Waals surface area contributed by atoms with Crippen LogP contribution in [0.4, 0.5) is 0 Å². The molecule has 2 aromatic rings. The second-order valence-electron chi connectivity index (χ2n) is 6.71. The average Bonchev–Trinajstić information content (AvgIpc) is 3.16. The van der Waals surface area contributed by atoms with E-state index in [1.165, 1.54) is 4.88 Å². The minimum atomic E-state index is -0.224. The molecule has 0 saturated heterocycles. The Kier molecular flexibility index (Phi) is 4.64. The zero-order valence-electron chi connectivity index (χ0n) is 14.7. The van der Waals surface area contributed by atoms with Gasteiger partial charge < -0.3 is 10.1 Å². The maximum atomic E-state index is 13.0. The van der Waals surface area contributed by atoms with E-state index in [2.05, 4.69) is 11.4 Å². The SMILES string of the molecule is CCOc1ccccc1[C@H]1CC(=O)NC2=C1C(=O)C[C@@H](c1cccs1)C2. The Bertz CT molecular complexity index is 869. The van der Waals surface area contributed by atoms with Crippen molar-refractivity contribution in [2.24, 2.45) is 0 Å². The summed E-state index contributed by atoms with van der Waals surface area (Å²) in [5, 5.41) is 5.01. The van der Waals surface area contributed by atoms with Gasteiger partial charge in [-0.15, -0.1) is 11.3 Å². The monoisotopic (exact) mass is 367 g/mol. The third-order valence-corrected chi connectivity index (χ3v) is 6.11. The van der Waals surface area contributed by atoms with Gasteiger partial charge in [-0.25, -0.2) is 0 Å². The molecule has 1 aromatic heterocycles. The van der Waals surface area contributed by atoms with E-state index in [0.29, 0.717) is 25.9 Å². The van der Waals surface area contributed by atoms with Gasteiger partial charge in [0.1, 0.15) is 5.75 Å². The van der Waals surface area contributed by atoms with Gasteiger partial charge in [0, 0.05) is 46.4 Å². The summed E-state index contributed by atoms with van der Waals surface area (Å²) in [6.45, 7) is 2.49. The molecule has 1 amide bonds. The van der Waals surface area contributed by atoms with Crippen LogP contribution in [0.2, 0.25) is 0 Å². The van der Waals surface area contributed by atoms with E-state index in [4.69, 9.17) is 4.74 Å². The lowest BCUT2D eigenvalue weighted by atomic mass is 9.74. The van der Waals surface area contributed by atoms with Crippen LogP contribution in [-0.4, -0.2) is 18.3 Å². The zero-order valence-corrected chi connectivity index (χ0v) is 15.5. The molecule has 134 valence electrons. The van der Waals surface area contributed by atoms with Gasteiger partial charge in [0.15, 0.2) is 5.78 Å². The Morgan fingerprint density at radius 1 is 1.12 bits per heavy atom. The van der Waals surface area contributed by atoms with E-state index in [1.807, 2.05) is 42.6 Å². The molecule has 0 spiro atoms. The van der Waals surface area contributed by atoms with Crippen molar-refractivity contribution in [3.8, 4) is 5.75 Å². The normalized spacial score (nSPS) is 22.8. The van der Waals surface area contributed by atoms with Crippen molar-refractivity contribution in [3.05, 3.63) is 63.5 Å². The predicted octanol–water partition coefficient (Wildman–Crippen LogP) is 4.15. The van der Waals surface area contributed by atoms with Crippen LogP contribution in [0, 0.1) is 0 Å². The van der Waals surface area contributed by atoms with E-state index in [1.54, 1.807) is 11.3 Å². The van der Waals surface area contributed by atoms with Gasteiger partial charge >= 0.3 is 0 Å². The van der Waals surface area contributed by atoms with Crippen LogP contribution < -0.4 is 10.1 Å². The number of carbonyl (C=O) groups is 2. The topological polar surface area (TPSA) is 55.4 Å². The number of nitrogens with one attached hydrogen (secondary N) is 1. The van der Waals surface area contributed by atoms with Crippen LogP contribution in [0.25, 0.3) is 0 Å². The molecule has 2 aliphatic rings. The summed E-state index contributed by atoms with van der Waals surface area (Å²) in [6, 6.07) is 11.8. The van der Waals surface area contributed by atoms with Crippen LogP contribution >= 0.6 is 11.3 Å². The number of Topliss-reactive ketones (excluding diaryl/α,β-unsaturated/α-hetero) is 1. The first kappa shape index (κ1) is 17.0. The number of carbonyl (C=O) groups excluding carboxylic acids is 2. The van der Waals surface area contributed by atoms with Crippen LogP contribution in [0.15, 0.2) is 53.0 Å². The Labute approximate surface area is 156 Å². The third-order valence-electron chi connectivity index (χ3n) is 5.08. The standard InChI is InChI=1S/C21H21NO3S/c1-2-25-18-7-4-3-6-14(18)15-12-20(24)22-16-10-13(11-17(23)21(15)16)19-8-5-9-26-19/h3-9,13,15H,2,10-12H2,1H3,(H,22,24)/t13-,15+/m0/s1. The Balaban J connectivity index is 1.74. The molecule has 0 saturated carbocycles. The summed E-state index contributed by atoms with van der Waals surface area (Å²) in [5.41, 5.74) is 2.50. The van der Waals surface area contributed by atoms with Gasteiger partial charge in [-0.05, 0) is 30.9 Å². The molecule has 2 atom stereocenters. The highest BCUT2D eigenvalue weighted by atomic mass is 32.1. The third kappa shape index (κ3) is 3.07. The molecule has 0 bridgehead atoms. The summed E-state index contributed by atoms with van der Waals surface area (Å²) >= 11 is 1.67. The van der Waals surface area contributed by atoms with Gasteiger partial charge in [0.05, 0.1) is 6.61 Å². The van der Waals surface area contributed by atoms with Crippen molar-refractivity contribution in [1.82, 2.24) is 5.32 Å². The maximum Gasteiger partial charge on any atom is 0.225 e. The molecule has 4 rings (SSSR count). The number of hydrogen-bond acceptors (Lipinski definition) is 4. The largest absolute Gasteiger partial charge is 0.494 e. The maximum absolute atomic E-state index is 13.0. The molecule has 1 aromatic carbocycles. The summed E-state index contributed by atoms with van der Waals surface area (Å²) in [4.78, 5) is 26.6. The fraction of sp³-hybridized carbons (Fsp3) is 0.333. The second-order valence-corrected chi connectivity index (χ2v) is 7.69.